The van der Waals surface area contributed by atoms with Crippen LogP contribution in [0, 0.1) is 6.92 Å². The Morgan fingerprint density at radius 1 is 1.16 bits per heavy atom. The first-order valence-electron chi connectivity index (χ1n) is 8.06. The van der Waals surface area contributed by atoms with Crippen LogP contribution in [0.2, 0.25) is 0 Å². The van der Waals surface area contributed by atoms with Gasteiger partial charge < -0.3 is 9.73 Å². The van der Waals surface area contributed by atoms with Crippen LogP contribution in [0.1, 0.15) is 17.7 Å². The standard InChI is InChI=1S/C19H19N3O3/c1-14-4-6-15(7-5-14)17-8-9-19(24)22(21-17)11-10-18(23)20-13-16-3-2-12-25-16/h2-9,12H,10-11,13H2,1H3,(H,20,23). The number of amides is 1. The average Bonchev–Trinajstić information content (AvgIpc) is 3.13. The van der Waals surface area contributed by atoms with E-state index in [-0.39, 0.29) is 24.4 Å². The number of aryl methyl sites for hydroxylation is 2. The molecule has 6 nitrogen and oxygen atoms in total. The van der Waals surface area contributed by atoms with Gasteiger partial charge in [0.2, 0.25) is 5.91 Å². The zero-order chi connectivity index (χ0) is 17.6. The Morgan fingerprint density at radius 2 is 1.96 bits per heavy atom. The largest absolute Gasteiger partial charge is 0.467 e. The molecule has 25 heavy (non-hydrogen) atoms. The summed E-state index contributed by atoms with van der Waals surface area (Å²) in [5.41, 5.74) is 2.57. The first-order valence-corrected chi connectivity index (χ1v) is 8.06. The lowest BCUT2D eigenvalue weighted by Crippen LogP contribution is -2.28. The minimum atomic E-state index is -0.227. The molecular weight excluding hydrogens is 318 g/mol. The van der Waals surface area contributed by atoms with Gasteiger partial charge >= 0.3 is 0 Å². The maximum Gasteiger partial charge on any atom is 0.266 e. The van der Waals surface area contributed by atoms with Crippen LogP contribution >= 0.6 is 0 Å². The molecule has 0 radical (unpaired) electrons. The summed E-state index contributed by atoms with van der Waals surface area (Å²) in [7, 11) is 0. The molecule has 1 N–H and O–H groups in total. The SMILES string of the molecule is Cc1ccc(-c2ccc(=O)n(CCC(=O)NCc3ccco3)n2)cc1. The minimum absolute atomic E-state index is 0.161. The Balaban J connectivity index is 1.63. The molecule has 2 heterocycles. The normalized spacial score (nSPS) is 10.6. The number of rotatable bonds is 6. The predicted molar refractivity (Wildman–Crippen MR) is 93.8 cm³/mol. The van der Waals surface area contributed by atoms with Gasteiger partial charge in [0.05, 0.1) is 25.0 Å². The Labute approximate surface area is 145 Å². The van der Waals surface area contributed by atoms with Crippen molar-refractivity contribution in [2.45, 2.75) is 26.4 Å². The van der Waals surface area contributed by atoms with Gasteiger partial charge in [0.15, 0.2) is 0 Å². The summed E-state index contributed by atoms with van der Waals surface area (Å²) in [5.74, 6) is 0.524. The number of benzene rings is 1. The summed E-state index contributed by atoms with van der Waals surface area (Å²) in [6, 6.07) is 14.6. The van der Waals surface area contributed by atoms with E-state index < -0.39 is 0 Å². The van der Waals surface area contributed by atoms with E-state index in [4.69, 9.17) is 4.42 Å². The van der Waals surface area contributed by atoms with Crippen molar-refractivity contribution in [3.8, 4) is 11.3 Å². The number of furan rings is 1. The molecule has 0 aliphatic carbocycles. The summed E-state index contributed by atoms with van der Waals surface area (Å²) in [6.07, 6.45) is 1.73. The zero-order valence-electron chi connectivity index (χ0n) is 13.9. The third-order valence-corrected chi connectivity index (χ3v) is 3.80. The summed E-state index contributed by atoms with van der Waals surface area (Å²) in [5, 5.41) is 7.11. The second kappa shape index (κ2) is 7.61. The fraction of sp³-hybridized carbons (Fsp3) is 0.211. The fourth-order valence-electron chi connectivity index (χ4n) is 2.38. The van der Waals surface area contributed by atoms with Crippen molar-refractivity contribution in [1.82, 2.24) is 15.1 Å². The molecule has 3 rings (SSSR count). The third-order valence-electron chi connectivity index (χ3n) is 3.80. The van der Waals surface area contributed by atoms with Crippen LogP contribution in [0.5, 0.6) is 0 Å². The number of carbonyl (C=O) groups is 1. The van der Waals surface area contributed by atoms with Crippen LogP contribution in [-0.2, 0) is 17.9 Å². The lowest BCUT2D eigenvalue weighted by Gasteiger charge is -2.08. The van der Waals surface area contributed by atoms with Gasteiger partial charge in [0.1, 0.15) is 5.76 Å². The maximum absolute atomic E-state index is 12.0. The number of hydrogen-bond donors (Lipinski definition) is 1. The first kappa shape index (κ1) is 16.7. The molecule has 0 aliphatic heterocycles. The highest BCUT2D eigenvalue weighted by atomic mass is 16.3. The molecule has 128 valence electrons. The van der Waals surface area contributed by atoms with Gasteiger partial charge in [-0.1, -0.05) is 29.8 Å². The monoisotopic (exact) mass is 337 g/mol. The van der Waals surface area contributed by atoms with Crippen LogP contribution in [0.25, 0.3) is 11.3 Å². The van der Waals surface area contributed by atoms with Gasteiger partial charge in [0.25, 0.3) is 5.56 Å². The van der Waals surface area contributed by atoms with Crippen molar-refractivity contribution in [2.24, 2.45) is 0 Å². The van der Waals surface area contributed by atoms with Crippen molar-refractivity contribution in [3.05, 3.63) is 76.5 Å². The number of carbonyl (C=O) groups excluding carboxylic acids is 1. The Morgan fingerprint density at radius 3 is 2.68 bits per heavy atom. The number of aromatic nitrogens is 2. The summed E-state index contributed by atoms with van der Waals surface area (Å²) in [6.45, 7) is 2.57. The molecule has 0 fully saturated rings. The Hall–Kier alpha value is -3.15. The summed E-state index contributed by atoms with van der Waals surface area (Å²) in [4.78, 5) is 23.9. The van der Waals surface area contributed by atoms with Crippen molar-refractivity contribution in [2.75, 3.05) is 0 Å². The van der Waals surface area contributed by atoms with E-state index in [1.807, 2.05) is 31.2 Å². The van der Waals surface area contributed by atoms with Crippen molar-refractivity contribution in [3.63, 3.8) is 0 Å². The van der Waals surface area contributed by atoms with Crippen LogP contribution in [-0.4, -0.2) is 15.7 Å². The zero-order valence-corrected chi connectivity index (χ0v) is 13.9. The van der Waals surface area contributed by atoms with Gasteiger partial charge in [-0.05, 0) is 25.1 Å². The van der Waals surface area contributed by atoms with Crippen LogP contribution in [0.15, 0.2) is 64.0 Å². The molecule has 2 aromatic heterocycles. The van der Waals surface area contributed by atoms with E-state index in [9.17, 15) is 9.59 Å². The van der Waals surface area contributed by atoms with E-state index in [0.717, 1.165) is 11.1 Å². The van der Waals surface area contributed by atoms with E-state index in [1.165, 1.54) is 10.7 Å². The average molecular weight is 337 g/mol. The fourth-order valence-corrected chi connectivity index (χ4v) is 2.38. The number of nitrogens with zero attached hydrogens (tertiary/aromatic N) is 2. The molecule has 0 bridgehead atoms. The topological polar surface area (TPSA) is 77.1 Å². The first-order chi connectivity index (χ1) is 12.1. The quantitative estimate of drug-likeness (QED) is 0.750. The van der Waals surface area contributed by atoms with Crippen molar-refractivity contribution in [1.29, 1.82) is 0 Å². The smallest absolute Gasteiger partial charge is 0.266 e. The number of nitrogens with one attached hydrogen (secondary N) is 1. The van der Waals surface area contributed by atoms with E-state index in [0.29, 0.717) is 18.0 Å². The molecule has 0 spiro atoms. The molecule has 1 aromatic carbocycles. The summed E-state index contributed by atoms with van der Waals surface area (Å²) < 4.78 is 6.48. The van der Waals surface area contributed by atoms with Gasteiger partial charge in [-0.3, -0.25) is 9.59 Å². The van der Waals surface area contributed by atoms with E-state index >= 15 is 0 Å². The molecule has 0 saturated carbocycles. The van der Waals surface area contributed by atoms with Crippen molar-refractivity contribution < 1.29 is 9.21 Å². The predicted octanol–water partition coefficient (Wildman–Crippen LogP) is 2.52. The van der Waals surface area contributed by atoms with Gasteiger partial charge in [-0.25, -0.2) is 4.68 Å². The maximum atomic E-state index is 12.0. The lowest BCUT2D eigenvalue weighted by molar-refractivity contribution is -0.121. The van der Waals surface area contributed by atoms with Gasteiger partial charge in [-0.2, -0.15) is 5.10 Å². The second-order valence-electron chi connectivity index (χ2n) is 5.75. The minimum Gasteiger partial charge on any atom is -0.467 e. The second-order valence-corrected chi connectivity index (χ2v) is 5.75. The van der Waals surface area contributed by atoms with Crippen LogP contribution in [0.4, 0.5) is 0 Å². The Bertz CT molecular complexity index is 896. The van der Waals surface area contributed by atoms with Gasteiger partial charge in [0, 0.05) is 18.1 Å². The number of hydrogen-bond acceptors (Lipinski definition) is 4. The molecule has 0 unspecified atom stereocenters. The van der Waals surface area contributed by atoms with Gasteiger partial charge in [-0.15, -0.1) is 0 Å². The van der Waals surface area contributed by atoms with E-state index in [1.54, 1.807) is 24.5 Å². The van der Waals surface area contributed by atoms with Crippen molar-refractivity contribution >= 4 is 5.91 Å². The van der Waals surface area contributed by atoms with Crippen LogP contribution < -0.4 is 10.9 Å². The molecule has 1 amide bonds. The molecule has 0 aliphatic rings. The molecular formula is C19H19N3O3. The third kappa shape index (κ3) is 4.44. The highest BCUT2D eigenvalue weighted by Gasteiger charge is 2.07. The highest BCUT2D eigenvalue weighted by Crippen LogP contribution is 2.15. The Kier molecular flexibility index (Phi) is 5.09. The molecule has 6 heteroatoms. The molecule has 0 atom stereocenters. The highest BCUT2D eigenvalue weighted by molar-refractivity contribution is 5.75. The van der Waals surface area contributed by atoms with Crippen LogP contribution in [0.3, 0.4) is 0 Å². The molecule has 3 aromatic rings. The molecule has 0 saturated heterocycles. The van der Waals surface area contributed by atoms with E-state index in [2.05, 4.69) is 10.4 Å². The lowest BCUT2D eigenvalue weighted by atomic mass is 10.1. The summed E-state index contributed by atoms with van der Waals surface area (Å²) >= 11 is 0.